The summed E-state index contributed by atoms with van der Waals surface area (Å²) < 4.78 is 28.7. The largest absolute Gasteiger partial charge is 0.465 e. The Kier molecular flexibility index (Phi) is 4.14. The summed E-state index contributed by atoms with van der Waals surface area (Å²) in [5.74, 6) is -0.622. The number of aryl methyl sites for hydroxylation is 1. The van der Waals surface area contributed by atoms with Gasteiger partial charge in [0, 0.05) is 17.9 Å². The Morgan fingerprint density at radius 1 is 1.27 bits per heavy atom. The predicted octanol–water partition coefficient (Wildman–Crippen LogP) is 0.935. The van der Waals surface area contributed by atoms with Gasteiger partial charge in [0.15, 0.2) is 9.84 Å². The summed E-state index contributed by atoms with van der Waals surface area (Å²) in [6.45, 7) is 1.66. The number of sulfone groups is 1. The van der Waals surface area contributed by atoms with Gasteiger partial charge in [-0.3, -0.25) is 4.79 Å². The summed E-state index contributed by atoms with van der Waals surface area (Å²) in [6, 6.07) is 5.46. The molecular weight excluding hydrogens is 308 g/mol. The quantitative estimate of drug-likeness (QED) is 0.843. The van der Waals surface area contributed by atoms with Crippen LogP contribution in [0.4, 0.5) is 0 Å². The zero-order chi connectivity index (χ0) is 16.5. The van der Waals surface area contributed by atoms with Gasteiger partial charge in [0.25, 0.3) is 5.56 Å². The van der Waals surface area contributed by atoms with Gasteiger partial charge in [-0.2, -0.15) is 5.10 Å². The molecule has 0 atom stereocenters. The van der Waals surface area contributed by atoms with E-state index in [9.17, 15) is 18.0 Å². The molecule has 0 aliphatic rings. The molecule has 0 aliphatic carbocycles. The lowest BCUT2D eigenvalue weighted by molar-refractivity contribution is 0.0599. The maximum absolute atomic E-state index is 12.0. The lowest BCUT2D eigenvalue weighted by Gasteiger charge is -2.12. The van der Waals surface area contributed by atoms with Crippen LogP contribution in [0, 0.1) is 6.92 Å². The lowest BCUT2D eigenvalue weighted by Crippen LogP contribution is -2.10. The van der Waals surface area contributed by atoms with Crippen LogP contribution in [0.15, 0.2) is 34.0 Å². The van der Waals surface area contributed by atoms with E-state index >= 15 is 0 Å². The second-order valence-corrected chi connectivity index (χ2v) is 6.72. The van der Waals surface area contributed by atoms with Gasteiger partial charge in [0.1, 0.15) is 0 Å². The Labute approximate surface area is 126 Å². The van der Waals surface area contributed by atoms with Crippen molar-refractivity contribution in [1.29, 1.82) is 0 Å². The van der Waals surface area contributed by atoms with E-state index in [4.69, 9.17) is 0 Å². The van der Waals surface area contributed by atoms with Gasteiger partial charge in [0.2, 0.25) is 0 Å². The topological polar surface area (TPSA) is 106 Å². The minimum absolute atomic E-state index is 0.0574. The van der Waals surface area contributed by atoms with Gasteiger partial charge in [0.05, 0.1) is 23.3 Å². The second-order valence-electron chi connectivity index (χ2n) is 4.73. The molecule has 8 heteroatoms. The molecule has 0 saturated carbocycles. The van der Waals surface area contributed by atoms with Crippen molar-refractivity contribution in [2.24, 2.45) is 0 Å². The first-order chi connectivity index (χ1) is 10.2. The van der Waals surface area contributed by atoms with E-state index in [1.165, 1.54) is 31.4 Å². The fraction of sp³-hybridized carbons (Fsp3) is 0.214. The molecule has 0 amide bonds. The third-order valence-corrected chi connectivity index (χ3v) is 4.22. The summed E-state index contributed by atoms with van der Waals surface area (Å²) in [4.78, 5) is 22.8. The van der Waals surface area contributed by atoms with Crippen LogP contribution in [0.3, 0.4) is 0 Å². The molecule has 7 nitrogen and oxygen atoms in total. The third kappa shape index (κ3) is 3.06. The van der Waals surface area contributed by atoms with Crippen LogP contribution in [0.5, 0.6) is 0 Å². The van der Waals surface area contributed by atoms with Gasteiger partial charge in [-0.05, 0) is 30.7 Å². The first-order valence-electron chi connectivity index (χ1n) is 6.23. The number of ether oxygens (including phenoxy) is 1. The molecule has 1 N–H and O–H groups in total. The zero-order valence-electron chi connectivity index (χ0n) is 12.2. The zero-order valence-corrected chi connectivity index (χ0v) is 13.0. The van der Waals surface area contributed by atoms with Crippen molar-refractivity contribution >= 4 is 15.8 Å². The maximum atomic E-state index is 12.0. The molecule has 0 bridgehead atoms. The van der Waals surface area contributed by atoms with Gasteiger partial charge < -0.3 is 4.74 Å². The highest BCUT2D eigenvalue weighted by molar-refractivity contribution is 7.90. The first-order valence-corrected chi connectivity index (χ1v) is 8.12. The molecule has 0 unspecified atom stereocenters. The second kappa shape index (κ2) is 5.72. The highest BCUT2D eigenvalue weighted by atomic mass is 32.2. The number of rotatable bonds is 3. The van der Waals surface area contributed by atoms with E-state index in [0.29, 0.717) is 16.8 Å². The van der Waals surface area contributed by atoms with Crippen LogP contribution < -0.4 is 5.56 Å². The van der Waals surface area contributed by atoms with E-state index in [0.717, 1.165) is 6.26 Å². The van der Waals surface area contributed by atoms with Crippen molar-refractivity contribution in [2.75, 3.05) is 13.4 Å². The van der Waals surface area contributed by atoms with Crippen LogP contribution in [-0.2, 0) is 14.6 Å². The normalized spacial score (nSPS) is 11.2. The predicted molar refractivity (Wildman–Crippen MR) is 79.5 cm³/mol. The van der Waals surface area contributed by atoms with Gasteiger partial charge >= 0.3 is 5.97 Å². The van der Waals surface area contributed by atoms with Crippen molar-refractivity contribution < 1.29 is 17.9 Å². The number of nitrogens with zero attached hydrogens (tertiary/aromatic N) is 1. The third-order valence-electron chi connectivity index (χ3n) is 3.09. The average molecular weight is 322 g/mol. The van der Waals surface area contributed by atoms with Crippen molar-refractivity contribution in [2.45, 2.75) is 11.8 Å². The molecule has 1 heterocycles. The van der Waals surface area contributed by atoms with Crippen LogP contribution in [-0.4, -0.2) is 38.0 Å². The Bertz CT molecular complexity index is 879. The Morgan fingerprint density at radius 2 is 1.95 bits per heavy atom. The van der Waals surface area contributed by atoms with E-state index in [2.05, 4.69) is 14.9 Å². The minimum Gasteiger partial charge on any atom is -0.465 e. The number of carbonyl (C=O) groups is 1. The van der Waals surface area contributed by atoms with Gasteiger partial charge in [-0.15, -0.1) is 0 Å². The van der Waals surface area contributed by atoms with E-state index in [-0.39, 0.29) is 10.5 Å². The molecule has 0 saturated heterocycles. The molecule has 1 aromatic heterocycles. The molecule has 1 aromatic carbocycles. The SMILES string of the molecule is COC(=O)c1cc(S(C)(=O)=O)c(-c2ccc(=O)[nH]n2)cc1C. The Hall–Kier alpha value is -2.48. The van der Waals surface area contributed by atoms with Crippen LogP contribution in [0.1, 0.15) is 15.9 Å². The van der Waals surface area contributed by atoms with E-state index < -0.39 is 21.4 Å². The average Bonchev–Trinajstić information content (AvgIpc) is 2.45. The smallest absolute Gasteiger partial charge is 0.338 e. The molecule has 0 spiro atoms. The van der Waals surface area contributed by atoms with Crippen molar-refractivity contribution in [3.8, 4) is 11.3 Å². The Balaban J connectivity index is 2.78. The van der Waals surface area contributed by atoms with E-state index in [1.807, 2.05) is 0 Å². The Morgan fingerprint density at radius 3 is 2.45 bits per heavy atom. The molecular formula is C14H14N2O5S. The number of hydrogen-bond donors (Lipinski definition) is 1. The fourth-order valence-electron chi connectivity index (χ4n) is 2.02. The highest BCUT2D eigenvalue weighted by Crippen LogP contribution is 2.29. The number of carbonyl (C=O) groups excluding carboxylic acids is 1. The number of benzene rings is 1. The first kappa shape index (κ1) is 15.9. The number of methoxy groups -OCH3 is 1. The number of esters is 1. The van der Waals surface area contributed by atoms with Crippen molar-refractivity contribution in [3.05, 3.63) is 45.7 Å². The summed E-state index contributed by atoms with van der Waals surface area (Å²) >= 11 is 0. The summed E-state index contributed by atoms with van der Waals surface area (Å²) in [7, 11) is -2.39. The summed E-state index contributed by atoms with van der Waals surface area (Å²) in [5, 5.41) is 6.09. The summed E-state index contributed by atoms with van der Waals surface area (Å²) in [5.41, 5.74) is 0.911. The van der Waals surface area contributed by atoms with Gasteiger partial charge in [-0.1, -0.05) is 0 Å². The molecule has 2 rings (SSSR count). The molecule has 0 aliphatic heterocycles. The fourth-order valence-corrected chi connectivity index (χ4v) is 2.91. The summed E-state index contributed by atoms with van der Waals surface area (Å²) in [6.07, 6.45) is 1.04. The molecule has 0 fully saturated rings. The number of nitrogens with one attached hydrogen (secondary N) is 1. The van der Waals surface area contributed by atoms with Crippen LogP contribution in [0.25, 0.3) is 11.3 Å². The lowest BCUT2D eigenvalue weighted by atomic mass is 10.0. The maximum Gasteiger partial charge on any atom is 0.338 e. The number of hydrogen-bond acceptors (Lipinski definition) is 6. The highest BCUT2D eigenvalue weighted by Gasteiger charge is 2.21. The van der Waals surface area contributed by atoms with Crippen molar-refractivity contribution in [1.82, 2.24) is 10.2 Å². The van der Waals surface area contributed by atoms with Crippen LogP contribution in [0.2, 0.25) is 0 Å². The number of aromatic nitrogens is 2. The van der Waals surface area contributed by atoms with Crippen LogP contribution >= 0.6 is 0 Å². The minimum atomic E-state index is -3.61. The monoisotopic (exact) mass is 322 g/mol. The number of aromatic amines is 1. The molecule has 2 aromatic rings. The van der Waals surface area contributed by atoms with E-state index in [1.54, 1.807) is 6.92 Å². The van der Waals surface area contributed by atoms with Gasteiger partial charge in [-0.25, -0.2) is 18.3 Å². The standard InChI is InChI=1S/C14H14N2O5S/c1-8-6-10(11-4-5-13(17)16-15-11)12(22(3,19)20)7-9(8)14(18)21-2/h4-7H,1-3H3,(H,16,17). The number of H-pyrrole nitrogens is 1. The molecule has 116 valence electrons. The molecule has 22 heavy (non-hydrogen) atoms. The molecule has 0 radical (unpaired) electrons. The van der Waals surface area contributed by atoms with Crippen molar-refractivity contribution in [3.63, 3.8) is 0 Å².